The van der Waals surface area contributed by atoms with Crippen LogP contribution in [-0.2, 0) is 4.79 Å². The average Bonchev–Trinajstić information content (AvgIpc) is 2.70. The minimum absolute atomic E-state index is 0.00178. The molecule has 0 atom stereocenters. The van der Waals surface area contributed by atoms with Crippen molar-refractivity contribution in [3.8, 4) is 5.75 Å². The molecule has 0 bridgehead atoms. The van der Waals surface area contributed by atoms with Crippen molar-refractivity contribution in [2.45, 2.75) is 38.6 Å². The van der Waals surface area contributed by atoms with E-state index in [4.69, 9.17) is 0 Å². The minimum Gasteiger partial charge on any atom is -0.507 e. The summed E-state index contributed by atoms with van der Waals surface area (Å²) >= 11 is 0. The van der Waals surface area contributed by atoms with Crippen LogP contribution in [0.3, 0.4) is 0 Å². The number of nitrogens with zero attached hydrogens (tertiary/aromatic N) is 1. The lowest BCUT2D eigenvalue weighted by Crippen LogP contribution is -2.46. The van der Waals surface area contributed by atoms with Crippen LogP contribution < -0.4 is 10.6 Å². The first kappa shape index (κ1) is 20.9. The van der Waals surface area contributed by atoms with Crippen LogP contribution in [0.2, 0.25) is 0 Å². The van der Waals surface area contributed by atoms with Crippen LogP contribution in [0.25, 0.3) is 0 Å². The number of amides is 2. The molecule has 0 aliphatic carbocycles. The van der Waals surface area contributed by atoms with Gasteiger partial charge in [0.05, 0.1) is 12.1 Å². The number of rotatable bonds is 6. The second-order valence-corrected chi connectivity index (χ2v) is 7.87. The molecule has 0 unspecified atom stereocenters. The number of hydrogen-bond donors (Lipinski definition) is 3. The molecule has 2 amide bonds. The van der Waals surface area contributed by atoms with Crippen molar-refractivity contribution in [2.24, 2.45) is 0 Å². The SMILES string of the molecule is CC(C)c1ccc(O)c(C(=O)NC2CCN(CC(=O)Nc3ccccc3)CC2)c1. The van der Waals surface area contributed by atoms with Gasteiger partial charge < -0.3 is 15.7 Å². The zero-order valence-electron chi connectivity index (χ0n) is 17.0. The zero-order valence-corrected chi connectivity index (χ0v) is 17.0. The Morgan fingerprint density at radius 3 is 2.45 bits per heavy atom. The first-order valence-electron chi connectivity index (χ1n) is 10.1. The number of nitrogens with one attached hydrogen (secondary N) is 2. The lowest BCUT2D eigenvalue weighted by Gasteiger charge is -2.32. The fraction of sp³-hybridized carbons (Fsp3) is 0.391. The molecule has 1 heterocycles. The van der Waals surface area contributed by atoms with Crippen molar-refractivity contribution in [1.82, 2.24) is 10.2 Å². The second-order valence-electron chi connectivity index (χ2n) is 7.87. The summed E-state index contributed by atoms with van der Waals surface area (Å²) in [5.74, 6) is 0.00807. The van der Waals surface area contributed by atoms with Gasteiger partial charge in [-0.3, -0.25) is 14.5 Å². The van der Waals surface area contributed by atoms with Crippen LogP contribution >= 0.6 is 0 Å². The van der Waals surface area contributed by atoms with E-state index in [1.54, 1.807) is 12.1 Å². The summed E-state index contributed by atoms with van der Waals surface area (Å²) in [6.07, 6.45) is 1.55. The Morgan fingerprint density at radius 2 is 1.79 bits per heavy atom. The van der Waals surface area contributed by atoms with Gasteiger partial charge in [-0.25, -0.2) is 0 Å². The van der Waals surface area contributed by atoms with Crippen LogP contribution in [0.1, 0.15) is 48.5 Å². The molecule has 2 aromatic carbocycles. The van der Waals surface area contributed by atoms with Crippen LogP contribution in [0, 0.1) is 0 Å². The van der Waals surface area contributed by atoms with Crippen LogP contribution in [0.5, 0.6) is 5.75 Å². The van der Waals surface area contributed by atoms with E-state index in [9.17, 15) is 14.7 Å². The van der Waals surface area contributed by atoms with E-state index in [1.165, 1.54) is 0 Å². The Kier molecular flexibility index (Phi) is 6.88. The van der Waals surface area contributed by atoms with Crippen LogP contribution in [-0.4, -0.2) is 47.5 Å². The van der Waals surface area contributed by atoms with Gasteiger partial charge in [-0.15, -0.1) is 0 Å². The van der Waals surface area contributed by atoms with Crippen molar-refractivity contribution in [2.75, 3.05) is 25.0 Å². The van der Waals surface area contributed by atoms with Gasteiger partial charge in [-0.1, -0.05) is 38.1 Å². The molecule has 0 spiro atoms. The number of aromatic hydroxyl groups is 1. The smallest absolute Gasteiger partial charge is 0.255 e. The maximum absolute atomic E-state index is 12.6. The highest BCUT2D eigenvalue weighted by molar-refractivity contribution is 5.97. The predicted molar refractivity (Wildman–Crippen MR) is 114 cm³/mol. The maximum atomic E-state index is 12.6. The van der Waals surface area contributed by atoms with Gasteiger partial charge in [0, 0.05) is 24.8 Å². The Balaban J connectivity index is 1.48. The lowest BCUT2D eigenvalue weighted by molar-refractivity contribution is -0.117. The normalized spacial score (nSPS) is 15.3. The summed E-state index contributed by atoms with van der Waals surface area (Å²) in [6.45, 7) is 5.93. The first-order valence-corrected chi connectivity index (χ1v) is 10.1. The zero-order chi connectivity index (χ0) is 20.8. The highest BCUT2D eigenvalue weighted by atomic mass is 16.3. The summed E-state index contributed by atoms with van der Waals surface area (Å²) in [4.78, 5) is 26.9. The molecule has 3 N–H and O–H groups in total. The number of hydrogen-bond acceptors (Lipinski definition) is 4. The molecule has 29 heavy (non-hydrogen) atoms. The molecular weight excluding hydrogens is 366 g/mol. The monoisotopic (exact) mass is 395 g/mol. The van der Waals surface area contributed by atoms with Gasteiger partial charge in [-0.05, 0) is 48.6 Å². The molecule has 1 aliphatic heterocycles. The number of piperidine rings is 1. The number of benzene rings is 2. The summed E-state index contributed by atoms with van der Waals surface area (Å²) in [7, 11) is 0. The number of carbonyl (C=O) groups is 2. The summed E-state index contributed by atoms with van der Waals surface area (Å²) in [5.41, 5.74) is 2.14. The van der Waals surface area contributed by atoms with Crippen molar-refractivity contribution in [3.05, 3.63) is 59.7 Å². The van der Waals surface area contributed by atoms with Crippen molar-refractivity contribution in [3.63, 3.8) is 0 Å². The average molecular weight is 396 g/mol. The Labute approximate surface area is 171 Å². The lowest BCUT2D eigenvalue weighted by atomic mass is 9.99. The number of phenols is 1. The van der Waals surface area contributed by atoms with Crippen molar-refractivity contribution >= 4 is 17.5 Å². The second kappa shape index (κ2) is 9.56. The molecule has 0 aromatic heterocycles. The third-order valence-corrected chi connectivity index (χ3v) is 5.28. The highest BCUT2D eigenvalue weighted by Gasteiger charge is 2.23. The summed E-state index contributed by atoms with van der Waals surface area (Å²) < 4.78 is 0. The third kappa shape index (κ3) is 5.81. The van der Waals surface area contributed by atoms with E-state index < -0.39 is 0 Å². The van der Waals surface area contributed by atoms with Crippen LogP contribution in [0.15, 0.2) is 48.5 Å². The number of carbonyl (C=O) groups excluding carboxylic acids is 2. The summed E-state index contributed by atoms with van der Waals surface area (Å²) in [5, 5.41) is 16.0. The fourth-order valence-corrected chi connectivity index (χ4v) is 3.52. The predicted octanol–water partition coefficient (Wildman–Crippen LogP) is 3.35. The molecule has 154 valence electrons. The van der Waals surface area contributed by atoms with Gasteiger partial charge in [0.2, 0.25) is 5.91 Å². The Bertz CT molecular complexity index is 844. The van der Waals surface area contributed by atoms with Gasteiger partial charge in [0.15, 0.2) is 0 Å². The van der Waals surface area contributed by atoms with Crippen molar-refractivity contribution < 1.29 is 14.7 Å². The largest absolute Gasteiger partial charge is 0.507 e. The molecule has 2 aromatic rings. The topological polar surface area (TPSA) is 81.7 Å². The molecule has 6 heteroatoms. The van der Waals surface area contributed by atoms with E-state index >= 15 is 0 Å². The van der Waals surface area contributed by atoms with E-state index in [0.717, 1.165) is 37.2 Å². The molecule has 6 nitrogen and oxygen atoms in total. The van der Waals surface area contributed by atoms with E-state index in [1.807, 2.05) is 36.4 Å². The molecule has 0 radical (unpaired) electrons. The third-order valence-electron chi connectivity index (χ3n) is 5.28. The van der Waals surface area contributed by atoms with E-state index in [2.05, 4.69) is 29.4 Å². The molecule has 1 fully saturated rings. The Hall–Kier alpha value is -2.86. The first-order chi connectivity index (χ1) is 13.9. The van der Waals surface area contributed by atoms with Crippen molar-refractivity contribution in [1.29, 1.82) is 0 Å². The molecule has 1 aliphatic rings. The quantitative estimate of drug-likeness (QED) is 0.701. The molecular formula is C23H29N3O3. The number of likely N-dealkylation sites (tertiary alicyclic amines) is 1. The van der Waals surface area contributed by atoms with E-state index in [0.29, 0.717) is 12.1 Å². The van der Waals surface area contributed by atoms with Gasteiger partial charge in [0.25, 0.3) is 5.91 Å². The number of para-hydroxylation sites is 1. The van der Waals surface area contributed by atoms with Gasteiger partial charge in [0.1, 0.15) is 5.75 Å². The standard InChI is InChI=1S/C23H29N3O3/c1-16(2)17-8-9-21(27)20(14-17)23(29)25-19-10-12-26(13-11-19)15-22(28)24-18-6-4-3-5-7-18/h3-9,14,16,19,27H,10-13,15H2,1-2H3,(H,24,28)(H,25,29). The van der Waals surface area contributed by atoms with Crippen LogP contribution in [0.4, 0.5) is 5.69 Å². The minimum atomic E-state index is -0.245. The highest BCUT2D eigenvalue weighted by Crippen LogP contribution is 2.23. The number of phenolic OH excluding ortho intramolecular Hbond substituents is 1. The van der Waals surface area contributed by atoms with Gasteiger partial charge in [-0.2, -0.15) is 0 Å². The maximum Gasteiger partial charge on any atom is 0.255 e. The molecule has 1 saturated heterocycles. The molecule has 3 rings (SSSR count). The Morgan fingerprint density at radius 1 is 1.10 bits per heavy atom. The molecule has 0 saturated carbocycles. The number of anilines is 1. The van der Waals surface area contributed by atoms with Gasteiger partial charge >= 0.3 is 0 Å². The summed E-state index contributed by atoms with van der Waals surface area (Å²) in [6, 6.07) is 14.6. The fourth-order valence-electron chi connectivity index (χ4n) is 3.52. The van der Waals surface area contributed by atoms with E-state index in [-0.39, 0.29) is 29.5 Å².